The van der Waals surface area contributed by atoms with Crippen LogP contribution in [0.2, 0.25) is 0 Å². The van der Waals surface area contributed by atoms with Gasteiger partial charge in [-0.2, -0.15) is 0 Å². The Morgan fingerprint density at radius 1 is 1.11 bits per heavy atom. The van der Waals surface area contributed by atoms with Crippen molar-refractivity contribution in [2.45, 2.75) is 31.8 Å². The largest absolute Gasteiger partial charge is 0.497 e. The first-order valence-electron chi connectivity index (χ1n) is 9.36. The van der Waals surface area contributed by atoms with Crippen molar-refractivity contribution in [1.29, 1.82) is 0 Å². The van der Waals surface area contributed by atoms with Crippen molar-refractivity contribution in [3.8, 4) is 5.75 Å². The van der Waals surface area contributed by atoms with E-state index >= 15 is 0 Å². The van der Waals surface area contributed by atoms with E-state index in [1.54, 1.807) is 37.5 Å². The van der Waals surface area contributed by atoms with Gasteiger partial charge in [0.05, 0.1) is 12.7 Å². The van der Waals surface area contributed by atoms with Crippen LogP contribution in [0, 0.1) is 6.92 Å². The summed E-state index contributed by atoms with van der Waals surface area (Å²) >= 11 is 0. The summed E-state index contributed by atoms with van der Waals surface area (Å²) in [5, 5.41) is 10.9. The molecule has 27 heavy (non-hydrogen) atoms. The molecule has 0 saturated carbocycles. The van der Waals surface area contributed by atoms with Gasteiger partial charge in [0.1, 0.15) is 5.75 Å². The zero-order valence-electron chi connectivity index (χ0n) is 16.0. The number of piperidine rings is 1. The van der Waals surface area contributed by atoms with Crippen molar-refractivity contribution in [3.05, 3.63) is 77.5 Å². The lowest BCUT2D eigenvalue weighted by Gasteiger charge is -2.38. The average molecular weight is 365 g/mol. The van der Waals surface area contributed by atoms with Crippen LogP contribution in [0.15, 0.2) is 60.8 Å². The topological polar surface area (TPSA) is 49.8 Å². The van der Waals surface area contributed by atoms with E-state index in [1.165, 1.54) is 11.1 Å². The third kappa shape index (κ3) is 5.20. The van der Waals surface area contributed by atoms with Gasteiger partial charge in [-0.25, -0.2) is 0 Å². The number of hydrogen-bond acceptors (Lipinski definition) is 4. The molecular weight excluding hydrogens is 338 g/mol. The highest BCUT2D eigenvalue weighted by Gasteiger charge is 2.31. The zero-order chi connectivity index (χ0) is 19.3. The fraction of sp³-hybridized carbons (Fsp3) is 0.348. The van der Waals surface area contributed by atoms with Crippen LogP contribution in [0.25, 0.3) is 0 Å². The normalized spacial score (nSPS) is 16.5. The average Bonchev–Trinajstić information content (AvgIpc) is 2.69. The van der Waals surface area contributed by atoms with Crippen LogP contribution in [0.3, 0.4) is 0 Å². The van der Waals surface area contributed by atoms with Crippen molar-refractivity contribution >= 4 is 5.78 Å². The summed E-state index contributed by atoms with van der Waals surface area (Å²) in [5.41, 5.74) is 2.37. The summed E-state index contributed by atoms with van der Waals surface area (Å²) in [7, 11) is 1.60. The highest BCUT2D eigenvalue weighted by molar-refractivity contribution is 6.04. The van der Waals surface area contributed by atoms with Crippen LogP contribution in [0.5, 0.6) is 5.75 Å². The molecule has 0 spiro atoms. The molecule has 1 heterocycles. The van der Waals surface area contributed by atoms with Crippen LogP contribution >= 0.6 is 0 Å². The van der Waals surface area contributed by atoms with Gasteiger partial charge in [0, 0.05) is 37.3 Å². The molecule has 2 aromatic carbocycles. The van der Waals surface area contributed by atoms with Gasteiger partial charge in [-0.1, -0.05) is 29.8 Å². The van der Waals surface area contributed by atoms with Crippen LogP contribution < -0.4 is 4.74 Å². The predicted octanol–water partition coefficient (Wildman–Crippen LogP) is 3.77. The minimum absolute atomic E-state index is 0.0295. The molecule has 0 aliphatic carbocycles. The summed E-state index contributed by atoms with van der Waals surface area (Å²) in [5.74, 6) is 0.706. The summed E-state index contributed by atoms with van der Waals surface area (Å²) in [6, 6.07) is 15.5. The van der Waals surface area contributed by atoms with Gasteiger partial charge in [-0.05, 0) is 49.6 Å². The quantitative estimate of drug-likeness (QED) is 0.625. The third-order valence-corrected chi connectivity index (χ3v) is 5.19. The van der Waals surface area contributed by atoms with E-state index in [0.717, 1.165) is 18.8 Å². The molecule has 142 valence electrons. The van der Waals surface area contributed by atoms with Gasteiger partial charge in [0.2, 0.25) is 0 Å². The number of aryl methyl sites for hydroxylation is 1. The molecule has 1 aliphatic heterocycles. The number of likely N-dealkylation sites (tertiary alicyclic amines) is 1. The van der Waals surface area contributed by atoms with Crippen molar-refractivity contribution in [2.24, 2.45) is 0 Å². The van der Waals surface area contributed by atoms with E-state index in [-0.39, 0.29) is 5.78 Å². The number of ether oxygens (including phenoxy) is 1. The molecule has 2 aromatic rings. The Bertz CT molecular complexity index is 785. The standard InChI is InChI=1S/C23H27NO3/c1-18-3-5-19(6-4-18)17-23(26)12-15-24(16-13-23)14-11-22(25)20-7-9-21(27-2)10-8-20/h3-11,14,26H,12-13,15-17H2,1-2H3. The van der Waals surface area contributed by atoms with E-state index in [9.17, 15) is 9.90 Å². The first kappa shape index (κ1) is 19.2. The maximum atomic E-state index is 12.3. The molecule has 1 fully saturated rings. The number of aliphatic hydroxyl groups is 1. The molecular formula is C23H27NO3. The highest BCUT2D eigenvalue weighted by Crippen LogP contribution is 2.26. The maximum absolute atomic E-state index is 12.3. The summed E-state index contributed by atoms with van der Waals surface area (Å²) in [6.45, 7) is 3.56. The Hall–Kier alpha value is -2.59. The number of carbonyl (C=O) groups excluding carboxylic acids is 1. The SMILES string of the molecule is COc1ccc(C(=O)C=CN2CCC(O)(Cc3ccc(C)cc3)CC2)cc1. The molecule has 0 atom stereocenters. The molecule has 0 radical (unpaired) electrons. The lowest BCUT2D eigenvalue weighted by atomic mass is 9.85. The molecule has 4 nitrogen and oxygen atoms in total. The maximum Gasteiger partial charge on any atom is 0.187 e. The van der Waals surface area contributed by atoms with Crippen molar-refractivity contribution in [2.75, 3.05) is 20.2 Å². The second-order valence-electron chi connectivity index (χ2n) is 7.33. The molecule has 1 aliphatic rings. The zero-order valence-corrected chi connectivity index (χ0v) is 16.0. The lowest BCUT2D eigenvalue weighted by molar-refractivity contribution is -0.0108. The summed E-state index contributed by atoms with van der Waals surface area (Å²) in [6.07, 6.45) is 5.52. The van der Waals surface area contributed by atoms with Crippen LogP contribution in [-0.2, 0) is 6.42 Å². The lowest BCUT2D eigenvalue weighted by Crippen LogP contribution is -2.43. The Balaban J connectivity index is 1.52. The Labute approximate surface area is 161 Å². The number of carbonyl (C=O) groups is 1. The van der Waals surface area contributed by atoms with Gasteiger partial charge in [0.25, 0.3) is 0 Å². The molecule has 3 rings (SSSR count). The van der Waals surface area contributed by atoms with Crippen LogP contribution in [-0.4, -0.2) is 41.6 Å². The highest BCUT2D eigenvalue weighted by atomic mass is 16.5. The fourth-order valence-electron chi connectivity index (χ4n) is 3.38. The van der Waals surface area contributed by atoms with Gasteiger partial charge in [0.15, 0.2) is 5.78 Å². The molecule has 1 saturated heterocycles. The first-order valence-corrected chi connectivity index (χ1v) is 9.36. The summed E-state index contributed by atoms with van der Waals surface area (Å²) in [4.78, 5) is 14.4. The van der Waals surface area contributed by atoms with Crippen molar-refractivity contribution < 1.29 is 14.6 Å². The van der Waals surface area contributed by atoms with Crippen molar-refractivity contribution in [3.63, 3.8) is 0 Å². The van der Waals surface area contributed by atoms with E-state index < -0.39 is 5.60 Å². The van der Waals surface area contributed by atoms with E-state index in [2.05, 4.69) is 36.1 Å². The Morgan fingerprint density at radius 2 is 1.74 bits per heavy atom. The molecule has 4 heteroatoms. The predicted molar refractivity (Wildman–Crippen MR) is 107 cm³/mol. The monoisotopic (exact) mass is 365 g/mol. The fourth-order valence-corrected chi connectivity index (χ4v) is 3.38. The van der Waals surface area contributed by atoms with Crippen molar-refractivity contribution in [1.82, 2.24) is 4.90 Å². The second-order valence-corrected chi connectivity index (χ2v) is 7.33. The number of methoxy groups -OCH3 is 1. The van der Waals surface area contributed by atoms with Gasteiger partial charge >= 0.3 is 0 Å². The minimum Gasteiger partial charge on any atom is -0.497 e. The molecule has 0 aromatic heterocycles. The van der Waals surface area contributed by atoms with E-state index in [1.807, 2.05) is 6.20 Å². The number of nitrogens with zero attached hydrogens (tertiary/aromatic N) is 1. The number of hydrogen-bond donors (Lipinski definition) is 1. The molecule has 0 unspecified atom stereocenters. The molecule has 1 N–H and O–H groups in total. The number of rotatable bonds is 6. The van der Waals surface area contributed by atoms with Gasteiger partial charge in [-0.3, -0.25) is 4.79 Å². The van der Waals surface area contributed by atoms with Crippen LogP contribution in [0.4, 0.5) is 0 Å². The third-order valence-electron chi connectivity index (χ3n) is 5.19. The first-order chi connectivity index (χ1) is 13.0. The molecule has 0 amide bonds. The van der Waals surface area contributed by atoms with E-state index in [4.69, 9.17) is 4.74 Å². The number of benzene rings is 2. The number of ketones is 1. The van der Waals surface area contributed by atoms with E-state index in [0.29, 0.717) is 24.8 Å². The van der Waals surface area contributed by atoms with Gasteiger partial charge in [-0.15, -0.1) is 0 Å². The minimum atomic E-state index is -0.667. The molecule has 0 bridgehead atoms. The summed E-state index contributed by atoms with van der Waals surface area (Å²) < 4.78 is 5.11. The van der Waals surface area contributed by atoms with Crippen LogP contribution in [0.1, 0.15) is 34.3 Å². The number of allylic oxidation sites excluding steroid dienone is 1. The smallest absolute Gasteiger partial charge is 0.187 e. The van der Waals surface area contributed by atoms with Gasteiger partial charge < -0.3 is 14.7 Å². The second kappa shape index (κ2) is 8.40. The Kier molecular flexibility index (Phi) is 5.97. The Morgan fingerprint density at radius 3 is 2.33 bits per heavy atom.